The number of aryl methyl sites for hydroxylation is 1. The van der Waals surface area contributed by atoms with Crippen LogP contribution in [0.5, 0.6) is 0 Å². The van der Waals surface area contributed by atoms with E-state index in [2.05, 4.69) is 25.1 Å². The average Bonchev–Trinajstić information content (AvgIpc) is 2.16. The van der Waals surface area contributed by atoms with Crippen LogP contribution < -0.4 is 23.2 Å². The van der Waals surface area contributed by atoms with Gasteiger partial charge < -0.3 is 22.5 Å². The predicted molar refractivity (Wildman–Crippen MR) is 68.7 cm³/mol. The summed E-state index contributed by atoms with van der Waals surface area (Å²) in [4.78, 5) is 0. The van der Waals surface area contributed by atoms with Crippen LogP contribution in [-0.2, 0) is 4.43 Å². The summed E-state index contributed by atoms with van der Waals surface area (Å²) in [6.45, 7) is 4.90. The minimum absolute atomic E-state index is 0. The van der Waals surface area contributed by atoms with Crippen molar-refractivity contribution < 1.29 is 4.43 Å². The molecule has 4 nitrogen and oxygen atoms in total. The van der Waals surface area contributed by atoms with E-state index < -0.39 is 9.04 Å². The predicted octanol–water partition coefficient (Wildman–Crippen LogP) is 0.784. The number of rotatable bonds is 4. The highest BCUT2D eigenvalue weighted by Gasteiger charge is 2.13. The Morgan fingerprint density at radius 2 is 1.87 bits per heavy atom. The lowest BCUT2D eigenvalue weighted by Gasteiger charge is -2.15. The van der Waals surface area contributed by atoms with Crippen LogP contribution in [0, 0.1) is 6.92 Å². The second kappa shape index (κ2) is 8.57. The first-order valence-electron chi connectivity index (χ1n) is 4.66. The van der Waals surface area contributed by atoms with E-state index in [-0.39, 0.29) is 12.3 Å². The molecular weight excluding hydrogens is 206 g/mol. The average molecular weight is 229 g/mol. The van der Waals surface area contributed by atoms with Crippen molar-refractivity contribution in [2.24, 2.45) is 5.73 Å². The van der Waals surface area contributed by atoms with Crippen LogP contribution in [0.2, 0.25) is 0 Å². The number of hydrogen-bond donors (Lipinski definition) is 3. The van der Waals surface area contributed by atoms with Gasteiger partial charge in [-0.1, -0.05) is 24.3 Å². The first-order chi connectivity index (χ1) is 6.29. The van der Waals surface area contributed by atoms with Gasteiger partial charge in [0.25, 0.3) is 0 Å². The molecule has 0 aliphatic rings. The van der Waals surface area contributed by atoms with Gasteiger partial charge in [0.05, 0.1) is 0 Å². The summed E-state index contributed by atoms with van der Waals surface area (Å²) >= 11 is 0. The van der Waals surface area contributed by atoms with Gasteiger partial charge in [-0.2, -0.15) is 0 Å². The molecule has 0 saturated carbocycles. The van der Waals surface area contributed by atoms with Crippen LogP contribution in [0.3, 0.4) is 0 Å². The SMILES string of the molecule is CCO[SiH](CN)c1ccccc1C.N.N. The van der Waals surface area contributed by atoms with Crippen molar-refractivity contribution >= 4 is 14.2 Å². The van der Waals surface area contributed by atoms with E-state index in [1.165, 1.54) is 10.8 Å². The Bertz CT molecular complexity index is 271. The van der Waals surface area contributed by atoms with Crippen molar-refractivity contribution in [2.75, 3.05) is 12.8 Å². The maximum Gasteiger partial charge on any atom is 0.221 e. The fourth-order valence-electron chi connectivity index (χ4n) is 1.43. The van der Waals surface area contributed by atoms with Crippen molar-refractivity contribution in [2.45, 2.75) is 13.8 Å². The highest BCUT2D eigenvalue weighted by Crippen LogP contribution is 1.96. The third kappa shape index (κ3) is 4.54. The van der Waals surface area contributed by atoms with E-state index in [0.717, 1.165) is 6.61 Å². The number of benzene rings is 1. The molecule has 0 spiro atoms. The van der Waals surface area contributed by atoms with Gasteiger partial charge in [-0.15, -0.1) is 0 Å². The van der Waals surface area contributed by atoms with Crippen molar-refractivity contribution in [3.63, 3.8) is 0 Å². The highest BCUT2D eigenvalue weighted by atomic mass is 28.3. The van der Waals surface area contributed by atoms with Crippen molar-refractivity contribution in [1.82, 2.24) is 12.3 Å². The Kier molecular flexibility index (Phi) is 9.54. The summed E-state index contributed by atoms with van der Waals surface area (Å²) in [6.07, 6.45) is 0.679. The van der Waals surface area contributed by atoms with Gasteiger partial charge in [0.2, 0.25) is 9.04 Å². The van der Waals surface area contributed by atoms with E-state index in [1.54, 1.807) is 0 Å². The summed E-state index contributed by atoms with van der Waals surface area (Å²) in [7, 11) is -1.33. The maximum absolute atomic E-state index is 5.70. The normalized spacial score (nSPS) is 11.1. The first kappa shape index (κ1) is 16.7. The van der Waals surface area contributed by atoms with E-state index >= 15 is 0 Å². The molecule has 1 rings (SSSR count). The minimum atomic E-state index is -1.33. The van der Waals surface area contributed by atoms with E-state index in [0.29, 0.717) is 6.17 Å². The Balaban J connectivity index is 0. The summed E-state index contributed by atoms with van der Waals surface area (Å²) in [5.74, 6) is 0. The lowest BCUT2D eigenvalue weighted by molar-refractivity contribution is 0.350. The molecule has 15 heavy (non-hydrogen) atoms. The molecule has 0 heterocycles. The lowest BCUT2D eigenvalue weighted by Crippen LogP contribution is -2.42. The van der Waals surface area contributed by atoms with Crippen LogP contribution >= 0.6 is 0 Å². The molecule has 1 atom stereocenters. The molecule has 0 aromatic heterocycles. The van der Waals surface area contributed by atoms with Crippen LogP contribution in [-0.4, -0.2) is 21.8 Å². The number of nitrogens with two attached hydrogens (primary N) is 1. The third-order valence-electron chi connectivity index (χ3n) is 2.12. The van der Waals surface area contributed by atoms with Gasteiger partial charge in [0.15, 0.2) is 0 Å². The zero-order chi connectivity index (χ0) is 9.68. The van der Waals surface area contributed by atoms with E-state index in [1.807, 2.05) is 13.0 Å². The molecule has 1 aromatic carbocycles. The quantitative estimate of drug-likeness (QED) is 0.663. The fraction of sp³-hybridized carbons (Fsp3) is 0.400. The van der Waals surface area contributed by atoms with E-state index in [9.17, 15) is 0 Å². The largest absolute Gasteiger partial charge is 0.414 e. The first-order valence-corrected chi connectivity index (χ1v) is 6.53. The van der Waals surface area contributed by atoms with Crippen LogP contribution in [0.4, 0.5) is 0 Å². The Labute approximate surface area is 93.7 Å². The second-order valence-electron chi connectivity index (χ2n) is 3.04. The fourth-order valence-corrected chi connectivity index (χ4v) is 3.34. The van der Waals surface area contributed by atoms with Crippen molar-refractivity contribution in [3.05, 3.63) is 29.8 Å². The van der Waals surface area contributed by atoms with Crippen molar-refractivity contribution in [3.8, 4) is 0 Å². The molecule has 0 fully saturated rings. The summed E-state index contributed by atoms with van der Waals surface area (Å²) in [5.41, 5.74) is 7.00. The zero-order valence-corrected chi connectivity index (χ0v) is 10.9. The molecule has 0 aliphatic carbocycles. The van der Waals surface area contributed by atoms with Gasteiger partial charge in [0, 0.05) is 12.8 Å². The topological polar surface area (TPSA) is 105 Å². The highest BCUT2D eigenvalue weighted by molar-refractivity contribution is 6.68. The zero-order valence-electron chi connectivity index (χ0n) is 9.70. The lowest BCUT2D eigenvalue weighted by atomic mass is 10.2. The molecule has 1 aromatic rings. The molecule has 1 unspecified atom stereocenters. The van der Waals surface area contributed by atoms with Crippen LogP contribution in [0.1, 0.15) is 12.5 Å². The Hall–Kier alpha value is -0.723. The van der Waals surface area contributed by atoms with Gasteiger partial charge in [-0.05, 0) is 24.6 Å². The molecule has 0 bridgehead atoms. The molecule has 8 N–H and O–H groups in total. The molecule has 0 aliphatic heterocycles. The summed E-state index contributed by atoms with van der Waals surface area (Å²) in [5, 5.41) is 1.34. The van der Waals surface area contributed by atoms with Gasteiger partial charge in [0.1, 0.15) is 0 Å². The summed E-state index contributed by atoms with van der Waals surface area (Å²) < 4.78 is 5.67. The van der Waals surface area contributed by atoms with Gasteiger partial charge >= 0.3 is 0 Å². The van der Waals surface area contributed by atoms with Crippen molar-refractivity contribution in [1.29, 1.82) is 0 Å². The molecule has 88 valence electrons. The summed E-state index contributed by atoms with van der Waals surface area (Å²) in [6, 6.07) is 8.35. The monoisotopic (exact) mass is 229 g/mol. The molecular formula is C10H23N3OSi. The third-order valence-corrected chi connectivity index (χ3v) is 4.62. The molecule has 0 radical (unpaired) electrons. The van der Waals surface area contributed by atoms with Crippen LogP contribution in [0.25, 0.3) is 0 Å². The maximum atomic E-state index is 5.70. The molecule has 0 saturated heterocycles. The second-order valence-corrected chi connectivity index (χ2v) is 5.44. The Morgan fingerprint density at radius 1 is 1.27 bits per heavy atom. The standard InChI is InChI=1S/C10H17NOSi.2H3N/c1-3-12-13(8-11)10-7-5-4-6-9(10)2;;/h4-7,13H,3,8,11H2,1-2H3;2*1H3. The van der Waals surface area contributed by atoms with Gasteiger partial charge in [-0.25, -0.2) is 0 Å². The molecule has 5 heteroatoms. The number of hydrogen-bond acceptors (Lipinski definition) is 4. The van der Waals surface area contributed by atoms with Crippen LogP contribution in [0.15, 0.2) is 24.3 Å². The minimum Gasteiger partial charge on any atom is -0.414 e. The van der Waals surface area contributed by atoms with Gasteiger partial charge in [-0.3, -0.25) is 0 Å². The molecule has 0 amide bonds. The van der Waals surface area contributed by atoms with E-state index in [4.69, 9.17) is 10.2 Å². The Morgan fingerprint density at radius 3 is 2.33 bits per heavy atom. The smallest absolute Gasteiger partial charge is 0.221 e.